The monoisotopic (exact) mass is 611 g/mol. The van der Waals surface area contributed by atoms with E-state index < -0.39 is 12.1 Å². The van der Waals surface area contributed by atoms with Crippen LogP contribution in [0.5, 0.6) is 0 Å². The van der Waals surface area contributed by atoms with Gasteiger partial charge in [0.05, 0.1) is 0 Å². The third-order valence-corrected chi connectivity index (χ3v) is 8.19. The summed E-state index contributed by atoms with van der Waals surface area (Å²) in [6.45, 7) is 4.17. The van der Waals surface area contributed by atoms with Crippen LogP contribution in [0.3, 0.4) is 0 Å². The van der Waals surface area contributed by atoms with Gasteiger partial charge >= 0.3 is 11.9 Å². The van der Waals surface area contributed by atoms with Crippen LogP contribution in [0.1, 0.15) is 194 Å². The zero-order valence-corrected chi connectivity index (χ0v) is 28.4. The molecule has 0 spiro atoms. The van der Waals surface area contributed by atoms with Crippen molar-refractivity contribution >= 4 is 11.9 Å². The van der Waals surface area contributed by atoms with Crippen molar-refractivity contribution in [3.63, 3.8) is 0 Å². The molecule has 254 valence electrons. The molecule has 6 heteroatoms. The minimum Gasteiger partial charge on any atom is -0.462 e. The highest BCUT2D eigenvalue weighted by Gasteiger charge is 2.16. The summed E-state index contributed by atoms with van der Waals surface area (Å²) in [5.74, 6) is -0.815. The Balaban J connectivity index is 3.69. The Kier molecular flexibility index (Phi) is 33.9. The van der Waals surface area contributed by atoms with Crippen molar-refractivity contribution in [3.05, 3.63) is 12.2 Å². The average molecular weight is 611 g/mol. The van der Waals surface area contributed by atoms with Gasteiger partial charge in [-0.05, 0) is 19.3 Å². The molecule has 0 aliphatic heterocycles. The first-order chi connectivity index (χ1) is 21.1. The molecular weight excluding hydrogens is 540 g/mol. The first kappa shape index (κ1) is 41.6. The lowest BCUT2D eigenvalue weighted by Gasteiger charge is -2.15. The van der Waals surface area contributed by atoms with Crippen LogP contribution in [0, 0.1) is 0 Å². The Morgan fingerprint density at radius 1 is 0.558 bits per heavy atom. The van der Waals surface area contributed by atoms with Gasteiger partial charge in [-0.3, -0.25) is 10.1 Å². The number of carbonyl (C=O) groups is 2. The molecule has 0 aromatic heterocycles. The summed E-state index contributed by atoms with van der Waals surface area (Å²) in [5, 5.41) is 8.82. The van der Waals surface area contributed by atoms with E-state index in [9.17, 15) is 9.59 Å². The molecule has 0 saturated heterocycles. The van der Waals surface area contributed by atoms with Crippen molar-refractivity contribution in [1.82, 2.24) is 0 Å². The molecule has 6 nitrogen and oxygen atoms in total. The van der Waals surface area contributed by atoms with Crippen LogP contribution in [-0.2, 0) is 24.0 Å². The second-order valence-corrected chi connectivity index (χ2v) is 12.5. The second-order valence-electron chi connectivity index (χ2n) is 12.5. The maximum Gasteiger partial charge on any atom is 0.330 e. The van der Waals surface area contributed by atoms with Gasteiger partial charge in [-0.25, -0.2) is 9.68 Å². The van der Waals surface area contributed by atoms with Crippen LogP contribution in [0.25, 0.3) is 0 Å². The van der Waals surface area contributed by atoms with Crippen molar-refractivity contribution in [2.45, 2.75) is 200 Å². The molecule has 43 heavy (non-hydrogen) atoms. The van der Waals surface area contributed by atoms with E-state index in [-0.39, 0.29) is 19.2 Å². The Morgan fingerprint density at radius 3 is 1.37 bits per heavy atom. The predicted molar refractivity (Wildman–Crippen MR) is 179 cm³/mol. The maximum atomic E-state index is 12.1. The minimum absolute atomic E-state index is 0.115. The van der Waals surface area contributed by atoms with Gasteiger partial charge in [0, 0.05) is 12.5 Å². The number of esters is 2. The van der Waals surface area contributed by atoms with E-state index >= 15 is 0 Å². The largest absolute Gasteiger partial charge is 0.462 e. The molecule has 0 fully saturated rings. The highest BCUT2D eigenvalue weighted by Crippen LogP contribution is 2.14. The fraction of sp³-hybridized carbons (Fsp3) is 0.892. The van der Waals surface area contributed by atoms with E-state index in [1.165, 1.54) is 147 Å². The lowest BCUT2D eigenvalue weighted by molar-refractivity contribution is -0.261. The fourth-order valence-corrected chi connectivity index (χ4v) is 5.41. The van der Waals surface area contributed by atoms with Crippen LogP contribution in [-0.4, -0.2) is 36.5 Å². The van der Waals surface area contributed by atoms with Gasteiger partial charge in [-0.15, -0.1) is 0 Å². The molecule has 0 unspecified atom stereocenters. The van der Waals surface area contributed by atoms with E-state index in [1.54, 1.807) is 0 Å². The summed E-state index contributed by atoms with van der Waals surface area (Å²) in [7, 11) is 0. The zero-order valence-electron chi connectivity index (χ0n) is 28.4. The molecular formula is C37H70O6. The molecule has 0 heterocycles. The smallest absolute Gasteiger partial charge is 0.330 e. The van der Waals surface area contributed by atoms with Crippen LogP contribution in [0.4, 0.5) is 0 Å². The van der Waals surface area contributed by atoms with Crippen molar-refractivity contribution in [3.8, 4) is 0 Å². The molecule has 0 aliphatic rings. The number of hydrogen-bond acceptors (Lipinski definition) is 6. The third-order valence-electron chi connectivity index (χ3n) is 8.19. The number of ether oxygens (including phenoxy) is 2. The number of allylic oxidation sites excluding steroid dienone is 1. The minimum atomic E-state index is -0.825. The first-order valence-corrected chi connectivity index (χ1v) is 18.4. The number of hydrogen-bond donors (Lipinski definition) is 1. The quantitative estimate of drug-likeness (QED) is 0.0256. The van der Waals surface area contributed by atoms with E-state index in [1.807, 2.05) is 6.08 Å². The van der Waals surface area contributed by atoms with Crippen molar-refractivity contribution < 1.29 is 29.2 Å². The summed E-state index contributed by atoms with van der Waals surface area (Å²) in [5.41, 5.74) is 0. The Bertz CT molecular complexity index is 620. The highest BCUT2D eigenvalue weighted by molar-refractivity contribution is 5.82. The van der Waals surface area contributed by atoms with Crippen molar-refractivity contribution in [1.29, 1.82) is 0 Å². The third kappa shape index (κ3) is 33.3. The van der Waals surface area contributed by atoms with Gasteiger partial charge in [0.15, 0.2) is 6.10 Å². The molecule has 0 amide bonds. The summed E-state index contributed by atoms with van der Waals surface area (Å²) in [6.07, 6.45) is 37.1. The van der Waals surface area contributed by atoms with Crippen LogP contribution in [0.15, 0.2) is 12.2 Å². The molecule has 1 atom stereocenters. The molecule has 0 saturated carbocycles. The molecule has 0 aliphatic carbocycles. The van der Waals surface area contributed by atoms with Gasteiger partial charge in [-0.2, -0.15) is 0 Å². The van der Waals surface area contributed by atoms with Gasteiger partial charge < -0.3 is 9.47 Å². The lowest BCUT2D eigenvalue weighted by Crippen LogP contribution is -2.28. The van der Waals surface area contributed by atoms with Crippen LogP contribution >= 0.6 is 0 Å². The highest BCUT2D eigenvalue weighted by atomic mass is 17.1. The number of rotatable bonds is 34. The summed E-state index contributed by atoms with van der Waals surface area (Å²) < 4.78 is 10.6. The van der Waals surface area contributed by atoms with Crippen molar-refractivity contribution in [2.75, 3.05) is 13.2 Å². The molecule has 0 radical (unpaired) electrons. The Morgan fingerprint density at radius 2 is 0.953 bits per heavy atom. The van der Waals surface area contributed by atoms with Gasteiger partial charge in [-0.1, -0.05) is 174 Å². The topological polar surface area (TPSA) is 82.1 Å². The van der Waals surface area contributed by atoms with Gasteiger partial charge in [0.1, 0.15) is 13.2 Å². The summed E-state index contributed by atoms with van der Waals surface area (Å²) in [4.78, 5) is 28.4. The van der Waals surface area contributed by atoms with Gasteiger partial charge in [0.25, 0.3) is 0 Å². The van der Waals surface area contributed by atoms with E-state index in [0.29, 0.717) is 6.42 Å². The number of unbranched alkanes of at least 4 members (excludes halogenated alkanes) is 25. The first-order valence-electron chi connectivity index (χ1n) is 18.4. The standard InChI is InChI=1S/C37H70O6/c1-3-5-7-9-11-13-15-17-18-20-22-24-26-28-30-32-37(39)43-35(34-42-40)33-41-36(38)31-29-27-25-23-21-19-16-14-12-10-8-6-4-2/h30,32,35,40H,3-29,31,33-34H2,1-2H3/t35-/m1/s1. The molecule has 0 rings (SSSR count). The zero-order chi connectivity index (χ0) is 31.5. The van der Waals surface area contributed by atoms with E-state index in [2.05, 4.69) is 18.7 Å². The molecule has 0 bridgehead atoms. The SMILES string of the molecule is CCCCCCCCCCCCCCCC=CC(=O)O[C@@H](COO)COC(=O)CCCCCCCCCCCCCCC. The maximum absolute atomic E-state index is 12.1. The molecule has 1 N–H and O–H groups in total. The van der Waals surface area contributed by atoms with Crippen molar-refractivity contribution in [2.24, 2.45) is 0 Å². The van der Waals surface area contributed by atoms with Crippen LogP contribution < -0.4 is 0 Å². The summed E-state index contributed by atoms with van der Waals surface area (Å²) >= 11 is 0. The summed E-state index contributed by atoms with van der Waals surface area (Å²) in [6, 6.07) is 0. The molecule has 0 aromatic carbocycles. The van der Waals surface area contributed by atoms with Crippen LogP contribution in [0.2, 0.25) is 0 Å². The van der Waals surface area contributed by atoms with E-state index in [4.69, 9.17) is 14.7 Å². The second kappa shape index (κ2) is 35.1. The average Bonchev–Trinajstić information content (AvgIpc) is 3.00. The van der Waals surface area contributed by atoms with Gasteiger partial charge in [0.2, 0.25) is 0 Å². The number of carbonyl (C=O) groups excluding carboxylic acids is 2. The predicted octanol–water partition coefficient (Wildman–Crippen LogP) is 11.4. The molecule has 0 aromatic rings. The Hall–Kier alpha value is -1.40. The normalized spacial score (nSPS) is 12.2. The lowest BCUT2D eigenvalue weighted by atomic mass is 10.0. The Labute approximate surface area is 266 Å². The fourth-order valence-electron chi connectivity index (χ4n) is 5.41. The van der Waals surface area contributed by atoms with E-state index in [0.717, 1.165) is 32.1 Å².